The molecule has 0 aliphatic rings. The van der Waals surface area contributed by atoms with Gasteiger partial charge in [0.05, 0.1) is 0 Å². The summed E-state index contributed by atoms with van der Waals surface area (Å²) in [6, 6.07) is 0. The molecule has 3 heteroatoms. The molecule has 0 saturated heterocycles. The molecular weight excluding hydrogens is 124 g/mol. The smallest absolute Gasteiger partial charge is 0.219 e. The summed E-state index contributed by atoms with van der Waals surface area (Å²) in [7, 11) is -0.496. The zero-order chi connectivity index (χ0) is 5.91. The van der Waals surface area contributed by atoms with Crippen LogP contribution in [-0.2, 0) is 4.43 Å². The van der Waals surface area contributed by atoms with E-state index in [1.165, 1.54) is 0 Å². The fraction of sp³-hybridized carbons (Fsp3) is 1.00. The van der Waals surface area contributed by atoms with Gasteiger partial charge in [0.15, 0.2) is 0 Å². The first kappa shape index (κ1) is 7.53. The Labute approximate surface area is 52.4 Å². The van der Waals surface area contributed by atoms with E-state index in [-0.39, 0.29) is 5.60 Å². The Bertz CT molecular complexity index is 50.1. The monoisotopic (exact) mass is 136 g/mol. The van der Waals surface area contributed by atoms with Crippen molar-refractivity contribution in [1.29, 1.82) is 0 Å². The van der Waals surface area contributed by atoms with Crippen molar-refractivity contribution in [1.82, 2.24) is 0 Å². The average molecular weight is 136 g/mol. The van der Waals surface area contributed by atoms with Gasteiger partial charge in [0, 0.05) is 5.60 Å². The van der Waals surface area contributed by atoms with Crippen molar-refractivity contribution in [3.63, 3.8) is 0 Å². The molecule has 0 aromatic heterocycles. The maximum absolute atomic E-state index is 5.23. The lowest BCUT2D eigenvalue weighted by Gasteiger charge is -2.17. The molecule has 0 heterocycles. The minimum Gasteiger partial charge on any atom is -0.408 e. The minimum atomic E-state index is -0.496. The maximum Gasteiger partial charge on any atom is 0.219 e. The molecule has 0 unspecified atom stereocenters. The van der Waals surface area contributed by atoms with Gasteiger partial charge >= 0.3 is 0 Å². The average Bonchev–Trinajstić information content (AvgIpc) is 1.30. The normalized spacial score (nSPS) is 13.7. The standard InChI is InChI=1S/C4H12OSSi/c1-4(2,3)5-7-6/h6H,7H2,1-3H3. The molecule has 0 aliphatic carbocycles. The Hall–Kier alpha value is 0.527. The van der Waals surface area contributed by atoms with E-state index in [0.717, 1.165) is 0 Å². The largest absolute Gasteiger partial charge is 0.408 e. The van der Waals surface area contributed by atoms with Crippen LogP contribution in [0, 0.1) is 0 Å². The van der Waals surface area contributed by atoms with Crippen molar-refractivity contribution in [2.24, 2.45) is 0 Å². The van der Waals surface area contributed by atoms with Crippen LogP contribution in [0.25, 0.3) is 0 Å². The number of hydrogen-bond acceptors (Lipinski definition) is 2. The van der Waals surface area contributed by atoms with Crippen LogP contribution in [0.3, 0.4) is 0 Å². The minimum absolute atomic E-state index is 0.0357. The molecule has 0 aromatic rings. The van der Waals surface area contributed by atoms with Gasteiger partial charge in [-0.1, -0.05) is 0 Å². The predicted molar refractivity (Wildman–Crippen MR) is 38.4 cm³/mol. The summed E-state index contributed by atoms with van der Waals surface area (Å²) in [5, 5.41) is 0. The summed E-state index contributed by atoms with van der Waals surface area (Å²) in [6.07, 6.45) is 0. The highest BCUT2D eigenvalue weighted by Crippen LogP contribution is 2.04. The second-order valence-electron chi connectivity index (χ2n) is 2.39. The summed E-state index contributed by atoms with van der Waals surface area (Å²) >= 11 is 4.03. The molecule has 0 N–H and O–H groups in total. The molecule has 7 heavy (non-hydrogen) atoms. The van der Waals surface area contributed by atoms with E-state index in [9.17, 15) is 0 Å². The van der Waals surface area contributed by atoms with Crippen molar-refractivity contribution in [3.05, 3.63) is 0 Å². The van der Waals surface area contributed by atoms with E-state index in [1.807, 2.05) is 20.8 Å². The van der Waals surface area contributed by atoms with Gasteiger partial charge in [-0.2, -0.15) is 12.1 Å². The Morgan fingerprint density at radius 3 is 1.86 bits per heavy atom. The molecule has 0 atom stereocenters. The third kappa shape index (κ3) is 6.53. The number of rotatable bonds is 1. The zero-order valence-corrected chi connectivity index (χ0v) is 7.37. The molecular formula is C4H12OSSi. The van der Waals surface area contributed by atoms with E-state index in [2.05, 4.69) is 12.1 Å². The molecule has 0 amide bonds. The van der Waals surface area contributed by atoms with Crippen LogP contribution < -0.4 is 0 Å². The zero-order valence-electron chi connectivity index (χ0n) is 5.06. The fourth-order valence-corrected chi connectivity index (χ4v) is 1.74. The molecule has 0 aliphatic heterocycles. The van der Waals surface area contributed by atoms with Crippen LogP contribution >= 0.6 is 12.1 Å². The summed E-state index contributed by atoms with van der Waals surface area (Å²) in [4.78, 5) is 0. The summed E-state index contributed by atoms with van der Waals surface area (Å²) in [6.45, 7) is 6.11. The van der Waals surface area contributed by atoms with E-state index in [0.29, 0.717) is 0 Å². The first-order chi connectivity index (χ1) is 3.06. The van der Waals surface area contributed by atoms with Crippen LogP contribution in [0.2, 0.25) is 0 Å². The Morgan fingerprint density at radius 1 is 1.43 bits per heavy atom. The van der Waals surface area contributed by atoms with Crippen LogP contribution in [-0.4, -0.2) is 14.5 Å². The van der Waals surface area contributed by atoms with E-state index in [4.69, 9.17) is 4.43 Å². The number of hydrogen-bond donors (Lipinski definition) is 1. The van der Waals surface area contributed by atoms with Crippen molar-refractivity contribution >= 4 is 21.0 Å². The first-order valence-corrected chi connectivity index (χ1v) is 5.42. The lowest BCUT2D eigenvalue weighted by molar-refractivity contribution is 0.144. The molecule has 0 spiro atoms. The first-order valence-electron chi connectivity index (χ1n) is 2.31. The number of thiol groups is 1. The van der Waals surface area contributed by atoms with E-state index in [1.54, 1.807) is 0 Å². The molecule has 0 radical (unpaired) electrons. The van der Waals surface area contributed by atoms with E-state index >= 15 is 0 Å². The summed E-state index contributed by atoms with van der Waals surface area (Å²) in [5.74, 6) is 0. The molecule has 44 valence electrons. The maximum atomic E-state index is 5.23. The second kappa shape index (κ2) is 2.74. The highest BCUT2D eigenvalue weighted by molar-refractivity contribution is 8.06. The predicted octanol–water partition coefficient (Wildman–Crippen LogP) is 0.730. The van der Waals surface area contributed by atoms with Gasteiger partial charge in [0.2, 0.25) is 8.91 Å². The molecule has 0 rings (SSSR count). The molecule has 0 fully saturated rings. The molecule has 0 bridgehead atoms. The molecule has 0 aromatic carbocycles. The van der Waals surface area contributed by atoms with Crippen LogP contribution in [0.1, 0.15) is 20.8 Å². The quantitative estimate of drug-likeness (QED) is 0.413. The lowest BCUT2D eigenvalue weighted by atomic mass is 10.2. The molecule has 0 saturated carbocycles. The van der Waals surface area contributed by atoms with Gasteiger partial charge in [-0.05, 0) is 20.8 Å². The van der Waals surface area contributed by atoms with Crippen molar-refractivity contribution < 1.29 is 4.43 Å². The lowest BCUT2D eigenvalue weighted by Crippen LogP contribution is -2.19. The van der Waals surface area contributed by atoms with Crippen LogP contribution in [0.15, 0.2) is 0 Å². The van der Waals surface area contributed by atoms with Gasteiger partial charge in [0.25, 0.3) is 0 Å². The Kier molecular flexibility index (Phi) is 2.95. The van der Waals surface area contributed by atoms with E-state index < -0.39 is 8.91 Å². The van der Waals surface area contributed by atoms with Crippen LogP contribution in [0.5, 0.6) is 0 Å². The van der Waals surface area contributed by atoms with Gasteiger partial charge in [-0.3, -0.25) is 0 Å². The van der Waals surface area contributed by atoms with Crippen molar-refractivity contribution in [2.45, 2.75) is 26.4 Å². The van der Waals surface area contributed by atoms with Crippen LogP contribution in [0.4, 0.5) is 0 Å². The Balaban J connectivity index is 3.15. The SMILES string of the molecule is CC(C)(C)O[SiH2]S. The Morgan fingerprint density at radius 2 is 1.86 bits per heavy atom. The third-order valence-corrected chi connectivity index (χ3v) is 1.88. The van der Waals surface area contributed by atoms with Gasteiger partial charge in [-0.15, -0.1) is 0 Å². The van der Waals surface area contributed by atoms with Gasteiger partial charge in [-0.25, -0.2) is 0 Å². The van der Waals surface area contributed by atoms with Crippen molar-refractivity contribution in [3.8, 4) is 0 Å². The van der Waals surface area contributed by atoms with Crippen molar-refractivity contribution in [2.75, 3.05) is 0 Å². The van der Waals surface area contributed by atoms with Gasteiger partial charge in [0.1, 0.15) is 0 Å². The molecule has 1 nitrogen and oxygen atoms in total. The fourth-order valence-electron chi connectivity index (χ4n) is 0.194. The highest BCUT2D eigenvalue weighted by Gasteiger charge is 2.06. The van der Waals surface area contributed by atoms with Gasteiger partial charge < -0.3 is 4.43 Å². The summed E-state index contributed by atoms with van der Waals surface area (Å²) < 4.78 is 5.23. The topological polar surface area (TPSA) is 9.23 Å². The third-order valence-electron chi connectivity index (χ3n) is 0.498. The summed E-state index contributed by atoms with van der Waals surface area (Å²) in [5.41, 5.74) is 0.0357. The second-order valence-corrected chi connectivity index (χ2v) is 3.71. The highest BCUT2D eigenvalue weighted by atomic mass is 32.3.